The molecule has 0 radical (unpaired) electrons. The van der Waals surface area contributed by atoms with Crippen molar-refractivity contribution in [1.29, 1.82) is 0 Å². The maximum Gasteiger partial charge on any atom is 0.251 e. The Bertz CT molecular complexity index is 1350. The van der Waals surface area contributed by atoms with Crippen LogP contribution in [-0.2, 0) is 14.4 Å². The molecule has 222 valence electrons. The van der Waals surface area contributed by atoms with E-state index in [-0.39, 0.29) is 49.2 Å². The fourth-order valence-electron chi connectivity index (χ4n) is 6.80. The summed E-state index contributed by atoms with van der Waals surface area (Å²) in [6.07, 6.45) is 4.66. The number of anilines is 2. The molecule has 10 heteroatoms. The second kappa shape index (κ2) is 12.5. The smallest absolute Gasteiger partial charge is 0.251 e. The standard InChI is InChI=1S/C32H36ClN3O5S/c1-4-17-34(23-11-13-24(14-12-23)41-6-3)29(38)26-25-15-16-32(42-25)27(26)30(39)36(19-20-37)28(32)31(40)35(18-5-2)22-9-7-21(33)8-10-22/h4-5,7-14,25-28,37H,1-2,6,15-20H2,3H3/t25-,26+,27+,28?,32?/m1/s1. The van der Waals surface area contributed by atoms with Crippen LogP contribution >= 0.6 is 23.4 Å². The van der Waals surface area contributed by atoms with Crippen LogP contribution in [0.2, 0.25) is 5.02 Å². The molecule has 8 nitrogen and oxygen atoms in total. The van der Waals surface area contributed by atoms with Crippen molar-refractivity contribution in [2.75, 3.05) is 42.6 Å². The minimum absolute atomic E-state index is 0.0113. The van der Waals surface area contributed by atoms with E-state index < -0.39 is 22.6 Å². The van der Waals surface area contributed by atoms with Crippen LogP contribution in [0.5, 0.6) is 5.75 Å². The Morgan fingerprint density at radius 1 is 1.07 bits per heavy atom. The third-order valence-corrected chi connectivity index (χ3v) is 10.6. The molecule has 1 N–H and O–H groups in total. The maximum absolute atomic E-state index is 14.4. The van der Waals surface area contributed by atoms with Crippen molar-refractivity contribution >= 4 is 52.5 Å². The quantitative estimate of drug-likeness (QED) is 0.355. The van der Waals surface area contributed by atoms with Crippen molar-refractivity contribution in [3.8, 4) is 5.75 Å². The molecule has 3 amide bonds. The number of β-amino-alcohol motifs (C(OH)–C–C–N with tert-alkyl or cyclic N) is 1. The number of hydrogen-bond acceptors (Lipinski definition) is 6. The van der Waals surface area contributed by atoms with Crippen LogP contribution in [0.3, 0.4) is 0 Å². The van der Waals surface area contributed by atoms with Gasteiger partial charge in [-0.25, -0.2) is 0 Å². The van der Waals surface area contributed by atoms with E-state index in [1.807, 2.05) is 31.2 Å². The van der Waals surface area contributed by atoms with E-state index in [1.165, 1.54) is 4.90 Å². The van der Waals surface area contributed by atoms with Gasteiger partial charge in [-0.1, -0.05) is 23.8 Å². The first-order chi connectivity index (χ1) is 20.3. The van der Waals surface area contributed by atoms with Gasteiger partial charge in [-0.2, -0.15) is 0 Å². The van der Waals surface area contributed by atoms with Crippen molar-refractivity contribution in [2.24, 2.45) is 11.8 Å². The van der Waals surface area contributed by atoms with Crippen LogP contribution < -0.4 is 14.5 Å². The molecule has 3 saturated heterocycles. The van der Waals surface area contributed by atoms with Crippen LogP contribution in [0.15, 0.2) is 73.8 Å². The van der Waals surface area contributed by atoms with Gasteiger partial charge in [-0.05, 0) is 68.3 Å². The van der Waals surface area contributed by atoms with E-state index in [0.717, 1.165) is 6.42 Å². The van der Waals surface area contributed by atoms with Crippen LogP contribution in [0, 0.1) is 11.8 Å². The van der Waals surface area contributed by atoms with Crippen molar-refractivity contribution in [2.45, 2.75) is 35.8 Å². The molecule has 2 aromatic rings. The number of nitrogens with zero attached hydrogens (tertiary/aromatic N) is 3. The Morgan fingerprint density at radius 3 is 2.24 bits per heavy atom. The molecule has 1 spiro atoms. The summed E-state index contributed by atoms with van der Waals surface area (Å²) in [5, 5.41) is 10.4. The van der Waals surface area contributed by atoms with Gasteiger partial charge < -0.3 is 24.5 Å². The number of benzene rings is 2. The summed E-state index contributed by atoms with van der Waals surface area (Å²) in [7, 11) is 0. The molecule has 3 heterocycles. The Hall–Kier alpha value is -3.27. The van der Waals surface area contributed by atoms with E-state index in [1.54, 1.807) is 58.0 Å². The summed E-state index contributed by atoms with van der Waals surface area (Å²) >= 11 is 7.71. The highest BCUT2D eigenvalue weighted by molar-refractivity contribution is 8.02. The van der Waals surface area contributed by atoms with Crippen LogP contribution in [-0.4, -0.2) is 76.6 Å². The lowest BCUT2D eigenvalue weighted by Gasteiger charge is -2.37. The highest BCUT2D eigenvalue weighted by Crippen LogP contribution is 2.66. The number of hydrogen-bond donors (Lipinski definition) is 1. The van der Waals surface area contributed by atoms with Gasteiger partial charge in [0.25, 0.3) is 5.91 Å². The highest BCUT2D eigenvalue weighted by Gasteiger charge is 2.74. The molecule has 0 saturated carbocycles. The fraction of sp³-hybridized carbons (Fsp3) is 0.406. The minimum Gasteiger partial charge on any atom is -0.494 e. The predicted octanol–water partition coefficient (Wildman–Crippen LogP) is 4.56. The Morgan fingerprint density at radius 2 is 1.67 bits per heavy atom. The second-order valence-electron chi connectivity index (χ2n) is 10.7. The molecule has 5 atom stereocenters. The maximum atomic E-state index is 14.4. The molecule has 2 aromatic carbocycles. The SMILES string of the molecule is C=CCN(C(=O)C1N(CCO)C(=O)[C@@H]2[C@@H](C(=O)N(CC=C)c3ccc(OCC)cc3)[C@H]3CCC12S3)c1ccc(Cl)cc1. The minimum atomic E-state index is -0.830. The second-order valence-corrected chi connectivity index (χ2v) is 12.7. The number of carbonyl (C=O) groups is 3. The van der Waals surface area contributed by atoms with E-state index in [9.17, 15) is 19.5 Å². The summed E-state index contributed by atoms with van der Waals surface area (Å²) in [5.74, 6) is -1.25. The van der Waals surface area contributed by atoms with Gasteiger partial charge in [0.2, 0.25) is 11.8 Å². The Labute approximate surface area is 255 Å². The number of amides is 3. The zero-order chi connectivity index (χ0) is 30.0. The van der Waals surface area contributed by atoms with Gasteiger partial charge in [0.05, 0.1) is 29.8 Å². The summed E-state index contributed by atoms with van der Waals surface area (Å²) < 4.78 is 4.79. The first-order valence-corrected chi connectivity index (χ1v) is 15.5. The van der Waals surface area contributed by atoms with E-state index in [2.05, 4.69) is 13.2 Å². The lowest BCUT2D eigenvalue weighted by atomic mass is 9.70. The topological polar surface area (TPSA) is 90.4 Å². The van der Waals surface area contributed by atoms with Crippen molar-refractivity contribution in [3.63, 3.8) is 0 Å². The highest BCUT2D eigenvalue weighted by atomic mass is 35.5. The van der Waals surface area contributed by atoms with Gasteiger partial charge in [0, 0.05) is 41.3 Å². The number of aliphatic hydroxyl groups excluding tert-OH is 1. The Balaban J connectivity index is 1.51. The van der Waals surface area contributed by atoms with Gasteiger partial charge >= 0.3 is 0 Å². The summed E-state index contributed by atoms with van der Waals surface area (Å²) in [6, 6.07) is 13.4. The number of likely N-dealkylation sites (tertiary alicyclic amines) is 1. The summed E-state index contributed by atoms with van der Waals surface area (Å²) in [6.45, 7) is 10.4. The van der Waals surface area contributed by atoms with Crippen molar-refractivity contribution < 1.29 is 24.2 Å². The molecule has 3 fully saturated rings. The molecule has 2 bridgehead atoms. The van der Waals surface area contributed by atoms with Gasteiger partial charge in [0.15, 0.2) is 0 Å². The zero-order valence-electron chi connectivity index (χ0n) is 23.7. The van der Waals surface area contributed by atoms with E-state index in [4.69, 9.17) is 16.3 Å². The van der Waals surface area contributed by atoms with Crippen LogP contribution in [0.1, 0.15) is 19.8 Å². The Kier molecular flexibility index (Phi) is 9.01. The van der Waals surface area contributed by atoms with Crippen molar-refractivity contribution in [3.05, 3.63) is 78.9 Å². The molecule has 5 rings (SSSR count). The molecule has 0 aromatic heterocycles. The molecular formula is C32H36ClN3O5S. The lowest BCUT2D eigenvalue weighted by Crippen LogP contribution is -2.55. The molecule has 3 aliphatic rings. The summed E-state index contributed by atoms with van der Waals surface area (Å²) in [5.41, 5.74) is 1.33. The fourth-order valence-corrected chi connectivity index (χ4v) is 9.14. The third-order valence-electron chi connectivity index (χ3n) is 8.41. The number of carbonyl (C=O) groups excluding carboxylic acids is 3. The zero-order valence-corrected chi connectivity index (χ0v) is 25.2. The average Bonchev–Trinajstić information content (AvgIpc) is 3.63. The number of fused-ring (bicyclic) bond motifs is 1. The van der Waals surface area contributed by atoms with Crippen LogP contribution in [0.25, 0.3) is 0 Å². The first-order valence-electron chi connectivity index (χ1n) is 14.2. The van der Waals surface area contributed by atoms with Gasteiger partial charge in [-0.3, -0.25) is 14.4 Å². The van der Waals surface area contributed by atoms with Crippen LogP contribution in [0.4, 0.5) is 11.4 Å². The molecular weight excluding hydrogens is 574 g/mol. The lowest BCUT2D eigenvalue weighted by molar-refractivity contribution is -0.139. The monoisotopic (exact) mass is 609 g/mol. The largest absolute Gasteiger partial charge is 0.494 e. The van der Waals surface area contributed by atoms with Crippen molar-refractivity contribution in [1.82, 2.24) is 4.90 Å². The normalized spacial score (nSPS) is 25.7. The number of halogens is 1. The molecule has 0 aliphatic carbocycles. The first kappa shape index (κ1) is 30.2. The molecule has 42 heavy (non-hydrogen) atoms. The summed E-state index contributed by atoms with van der Waals surface area (Å²) in [4.78, 5) is 47.7. The average molecular weight is 610 g/mol. The predicted molar refractivity (Wildman–Crippen MR) is 167 cm³/mol. The van der Waals surface area contributed by atoms with E-state index >= 15 is 0 Å². The number of rotatable bonds is 12. The van der Waals surface area contributed by atoms with E-state index in [0.29, 0.717) is 35.2 Å². The molecule has 2 unspecified atom stereocenters. The number of ether oxygens (including phenoxy) is 1. The third kappa shape index (κ3) is 5.12. The van der Waals surface area contributed by atoms with Gasteiger partial charge in [0.1, 0.15) is 11.8 Å². The molecule has 3 aliphatic heterocycles. The van der Waals surface area contributed by atoms with Gasteiger partial charge in [-0.15, -0.1) is 24.9 Å². The number of thioether (sulfide) groups is 1. The number of aliphatic hydroxyl groups is 1.